The molecule has 0 aliphatic heterocycles. The summed E-state index contributed by atoms with van der Waals surface area (Å²) in [6.45, 7) is 3.30. The van der Waals surface area contributed by atoms with E-state index in [2.05, 4.69) is 0 Å². The van der Waals surface area contributed by atoms with Crippen LogP contribution in [-0.2, 0) is 0 Å². The van der Waals surface area contributed by atoms with E-state index < -0.39 is 5.82 Å². The molecule has 0 bridgehead atoms. The Balaban J connectivity index is 3.27. The molecule has 1 atom stereocenters. The van der Waals surface area contributed by atoms with Crippen LogP contribution < -0.4 is 5.73 Å². The average molecular weight is 169 g/mol. The largest absolute Gasteiger partial charge is 0.505 e. The first-order valence-electron chi connectivity index (χ1n) is 3.77. The smallest absolute Gasteiger partial charge is 0.168 e. The van der Waals surface area contributed by atoms with Crippen molar-refractivity contribution in [2.45, 2.75) is 19.9 Å². The molecule has 3 heteroatoms. The summed E-state index contributed by atoms with van der Waals surface area (Å²) in [6, 6.07) is 2.90. The zero-order chi connectivity index (χ0) is 9.30. The number of aryl methyl sites for hydroxylation is 1. The summed E-state index contributed by atoms with van der Waals surface area (Å²) in [5.41, 5.74) is 6.38. The molecule has 0 amide bonds. The van der Waals surface area contributed by atoms with Crippen LogP contribution in [-0.4, -0.2) is 5.11 Å². The van der Waals surface area contributed by atoms with E-state index >= 15 is 0 Å². The third-order valence-electron chi connectivity index (χ3n) is 1.83. The van der Waals surface area contributed by atoms with Crippen molar-refractivity contribution in [3.63, 3.8) is 0 Å². The molecule has 1 rings (SSSR count). The number of phenols is 1. The van der Waals surface area contributed by atoms with Gasteiger partial charge in [-0.05, 0) is 19.4 Å². The van der Waals surface area contributed by atoms with Gasteiger partial charge in [-0.1, -0.05) is 12.1 Å². The van der Waals surface area contributed by atoms with Gasteiger partial charge in [0.25, 0.3) is 0 Å². The highest BCUT2D eigenvalue weighted by atomic mass is 19.1. The molecule has 0 fully saturated rings. The lowest BCUT2D eigenvalue weighted by Crippen LogP contribution is -2.06. The second-order valence-corrected chi connectivity index (χ2v) is 2.92. The molecule has 0 spiro atoms. The molecular formula is C9H12FNO. The Kier molecular flexibility index (Phi) is 2.33. The van der Waals surface area contributed by atoms with Crippen LogP contribution in [0, 0.1) is 12.7 Å². The van der Waals surface area contributed by atoms with Crippen molar-refractivity contribution in [3.8, 4) is 5.75 Å². The minimum Gasteiger partial charge on any atom is -0.505 e. The van der Waals surface area contributed by atoms with Crippen LogP contribution in [0.3, 0.4) is 0 Å². The lowest BCUT2D eigenvalue weighted by Gasteiger charge is -2.09. The predicted octanol–water partition coefficient (Wildman–Crippen LogP) is 1.86. The van der Waals surface area contributed by atoms with Crippen LogP contribution in [0.4, 0.5) is 4.39 Å². The highest BCUT2D eigenvalue weighted by Crippen LogP contribution is 2.27. The van der Waals surface area contributed by atoms with Crippen molar-refractivity contribution >= 4 is 0 Å². The van der Waals surface area contributed by atoms with Gasteiger partial charge in [0, 0.05) is 11.6 Å². The summed E-state index contributed by atoms with van der Waals surface area (Å²) >= 11 is 0. The Morgan fingerprint density at radius 3 is 2.58 bits per heavy atom. The van der Waals surface area contributed by atoms with Crippen molar-refractivity contribution < 1.29 is 9.50 Å². The van der Waals surface area contributed by atoms with Crippen LogP contribution >= 0.6 is 0 Å². The molecule has 0 aromatic heterocycles. The second-order valence-electron chi connectivity index (χ2n) is 2.92. The minimum absolute atomic E-state index is 0.329. The fourth-order valence-electron chi connectivity index (χ4n) is 1.05. The molecule has 0 aliphatic carbocycles. The lowest BCUT2D eigenvalue weighted by atomic mass is 10.1. The summed E-state index contributed by atoms with van der Waals surface area (Å²) in [4.78, 5) is 0. The zero-order valence-electron chi connectivity index (χ0n) is 7.13. The predicted molar refractivity (Wildman–Crippen MR) is 45.4 cm³/mol. The molecule has 1 aromatic carbocycles. The Hall–Kier alpha value is -1.09. The van der Waals surface area contributed by atoms with E-state index in [1.807, 2.05) is 0 Å². The fraction of sp³-hybridized carbons (Fsp3) is 0.333. The van der Waals surface area contributed by atoms with E-state index in [-0.39, 0.29) is 11.8 Å². The summed E-state index contributed by atoms with van der Waals surface area (Å²) in [5.74, 6) is -0.908. The number of benzene rings is 1. The first kappa shape index (κ1) is 9.00. The van der Waals surface area contributed by atoms with Gasteiger partial charge in [0.15, 0.2) is 11.6 Å². The first-order chi connectivity index (χ1) is 5.54. The Labute approximate surface area is 70.8 Å². The second kappa shape index (κ2) is 3.11. The van der Waals surface area contributed by atoms with E-state index in [9.17, 15) is 9.50 Å². The standard InChI is InChI=1S/C9H12FNO/c1-5-3-4-7(6(2)11)9(12)8(5)10/h3-4,6,12H,11H2,1-2H3/t6-/m0/s1. The molecule has 1 aromatic rings. The van der Waals surface area contributed by atoms with Gasteiger partial charge in [-0.2, -0.15) is 0 Å². The monoisotopic (exact) mass is 169 g/mol. The highest BCUT2D eigenvalue weighted by molar-refractivity contribution is 5.39. The third kappa shape index (κ3) is 1.41. The first-order valence-corrected chi connectivity index (χ1v) is 3.77. The molecular weight excluding hydrogens is 157 g/mol. The summed E-state index contributed by atoms with van der Waals surface area (Å²) < 4.78 is 13.0. The number of halogens is 1. The SMILES string of the molecule is Cc1ccc([C@H](C)N)c(O)c1F. The highest BCUT2D eigenvalue weighted by Gasteiger charge is 2.11. The van der Waals surface area contributed by atoms with Crippen LogP contribution in [0.15, 0.2) is 12.1 Å². The Morgan fingerprint density at radius 2 is 2.08 bits per heavy atom. The topological polar surface area (TPSA) is 46.2 Å². The van der Waals surface area contributed by atoms with Gasteiger partial charge in [0.2, 0.25) is 0 Å². The number of aromatic hydroxyl groups is 1. The zero-order valence-corrected chi connectivity index (χ0v) is 7.13. The quantitative estimate of drug-likeness (QED) is 0.674. The van der Waals surface area contributed by atoms with Gasteiger partial charge in [0.1, 0.15) is 0 Å². The van der Waals surface area contributed by atoms with Crippen molar-refractivity contribution in [1.29, 1.82) is 0 Å². The minimum atomic E-state index is -0.579. The van der Waals surface area contributed by atoms with Gasteiger partial charge < -0.3 is 10.8 Å². The maximum atomic E-state index is 13.0. The van der Waals surface area contributed by atoms with Crippen molar-refractivity contribution in [2.24, 2.45) is 5.73 Å². The number of phenolic OH excluding ortho intramolecular Hbond substituents is 1. The van der Waals surface area contributed by atoms with Gasteiger partial charge in [0.05, 0.1) is 0 Å². The van der Waals surface area contributed by atoms with E-state index in [0.29, 0.717) is 11.1 Å². The van der Waals surface area contributed by atoms with Crippen molar-refractivity contribution in [1.82, 2.24) is 0 Å². The van der Waals surface area contributed by atoms with Gasteiger partial charge in [-0.15, -0.1) is 0 Å². The van der Waals surface area contributed by atoms with Crippen LogP contribution in [0.5, 0.6) is 5.75 Å². The Bertz CT molecular complexity index is 297. The fourth-order valence-corrected chi connectivity index (χ4v) is 1.05. The van der Waals surface area contributed by atoms with E-state index in [4.69, 9.17) is 5.73 Å². The van der Waals surface area contributed by atoms with Crippen molar-refractivity contribution in [3.05, 3.63) is 29.1 Å². The number of hydrogen-bond acceptors (Lipinski definition) is 2. The van der Waals surface area contributed by atoms with Gasteiger partial charge in [-0.3, -0.25) is 0 Å². The molecule has 0 radical (unpaired) electrons. The Morgan fingerprint density at radius 1 is 1.50 bits per heavy atom. The van der Waals surface area contributed by atoms with Crippen molar-refractivity contribution in [2.75, 3.05) is 0 Å². The molecule has 0 heterocycles. The van der Waals surface area contributed by atoms with Gasteiger partial charge >= 0.3 is 0 Å². The molecule has 0 saturated heterocycles. The van der Waals surface area contributed by atoms with E-state index in [1.54, 1.807) is 26.0 Å². The molecule has 3 N–H and O–H groups in total. The normalized spacial score (nSPS) is 13.0. The maximum absolute atomic E-state index is 13.0. The lowest BCUT2D eigenvalue weighted by molar-refractivity contribution is 0.420. The molecule has 66 valence electrons. The molecule has 0 saturated carbocycles. The van der Waals surface area contributed by atoms with Crippen LogP contribution in [0.2, 0.25) is 0 Å². The number of nitrogens with two attached hydrogens (primary N) is 1. The third-order valence-corrected chi connectivity index (χ3v) is 1.83. The molecule has 2 nitrogen and oxygen atoms in total. The van der Waals surface area contributed by atoms with E-state index in [0.717, 1.165) is 0 Å². The number of hydrogen-bond donors (Lipinski definition) is 2. The average Bonchev–Trinajstić information content (AvgIpc) is 2.00. The molecule has 0 aliphatic rings. The molecule has 0 unspecified atom stereocenters. The van der Waals surface area contributed by atoms with Crippen LogP contribution in [0.1, 0.15) is 24.1 Å². The molecule has 12 heavy (non-hydrogen) atoms. The summed E-state index contributed by atoms with van der Waals surface area (Å²) in [5, 5.41) is 9.29. The number of rotatable bonds is 1. The van der Waals surface area contributed by atoms with Crippen LogP contribution in [0.25, 0.3) is 0 Å². The van der Waals surface area contributed by atoms with E-state index in [1.165, 1.54) is 0 Å². The summed E-state index contributed by atoms with van der Waals surface area (Å²) in [6.07, 6.45) is 0. The summed E-state index contributed by atoms with van der Waals surface area (Å²) in [7, 11) is 0. The maximum Gasteiger partial charge on any atom is 0.168 e. The van der Waals surface area contributed by atoms with Gasteiger partial charge in [-0.25, -0.2) is 4.39 Å².